The molecule has 0 radical (unpaired) electrons. The fraction of sp³-hybridized carbons (Fsp3) is 0.100. The topological polar surface area (TPSA) is 48.9 Å². The Morgan fingerprint density at radius 3 is 2.67 bits per heavy atom. The summed E-state index contributed by atoms with van der Waals surface area (Å²) in [6, 6.07) is 5.25. The third kappa shape index (κ3) is 2.15. The minimum atomic E-state index is -0.0612. The molecule has 3 nitrogen and oxygen atoms in total. The lowest BCUT2D eigenvalue weighted by atomic mass is 10.2. The van der Waals surface area contributed by atoms with E-state index in [9.17, 15) is 0 Å². The van der Waals surface area contributed by atoms with E-state index in [0.717, 1.165) is 5.56 Å². The first kappa shape index (κ1) is 10.5. The standard InChI is InChI=1S/C10H8Cl2N2O/c11-8-2-1-6(3-9(8)12)10-13-4-7(5-15)14-10/h1-4,15H,5H2,(H,13,14). The number of imidazole rings is 1. The smallest absolute Gasteiger partial charge is 0.137 e. The molecule has 78 valence electrons. The predicted molar refractivity (Wildman–Crippen MR) is 60.0 cm³/mol. The number of aromatic amines is 1. The highest BCUT2D eigenvalue weighted by molar-refractivity contribution is 6.42. The van der Waals surface area contributed by atoms with Gasteiger partial charge in [-0.1, -0.05) is 23.2 Å². The molecule has 1 aromatic heterocycles. The van der Waals surface area contributed by atoms with Gasteiger partial charge in [-0.05, 0) is 18.2 Å². The molecule has 0 aliphatic heterocycles. The number of aliphatic hydroxyl groups excluding tert-OH is 1. The zero-order valence-electron chi connectivity index (χ0n) is 7.67. The van der Waals surface area contributed by atoms with E-state index in [1.165, 1.54) is 0 Å². The predicted octanol–water partition coefficient (Wildman–Crippen LogP) is 2.88. The number of rotatable bonds is 2. The first-order chi connectivity index (χ1) is 7.20. The van der Waals surface area contributed by atoms with Gasteiger partial charge in [0, 0.05) is 5.56 Å². The van der Waals surface area contributed by atoms with E-state index in [1.807, 2.05) is 6.07 Å². The van der Waals surface area contributed by atoms with Crippen LogP contribution in [0.5, 0.6) is 0 Å². The molecule has 2 N–H and O–H groups in total. The maximum Gasteiger partial charge on any atom is 0.137 e. The normalized spacial score (nSPS) is 10.6. The summed E-state index contributed by atoms with van der Waals surface area (Å²) >= 11 is 11.7. The average Bonchev–Trinajstić information content (AvgIpc) is 2.70. The van der Waals surface area contributed by atoms with Gasteiger partial charge in [0.05, 0.1) is 28.5 Å². The number of hydrogen-bond donors (Lipinski definition) is 2. The molecule has 2 rings (SSSR count). The van der Waals surface area contributed by atoms with Gasteiger partial charge in [-0.15, -0.1) is 0 Å². The van der Waals surface area contributed by atoms with Crippen molar-refractivity contribution in [3.05, 3.63) is 40.1 Å². The fourth-order valence-corrected chi connectivity index (χ4v) is 1.53. The summed E-state index contributed by atoms with van der Waals surface area (Å²) in [7, 11) is 0. The van der Waals surface area contributed by atoms with Crippen molar-refractivity contribution in [1.82, 2.24) is 9.97 Å². The van der Waals surface area contributed by atoms with Gasteiger partial charge < -0.3 is 10.1 Å². The second kappa shape index (κ2) is 4.23. The monoisotopic (exact) mass is 242 g/mol. The maximum absolute atomic E-state index is 8.88. The Morgan fingerprint density at radius 1 is 1.27 bits per heavy atom. The first-order valence-corrected chi connectivity index (χ1v) is 5.06. The SMILES string of the molecule is OCc1cnc(-c2ccc(Cl)c(Cl)c2)[nH]1. The number of hydrogen-bond acceptors (Lipinski definition) is 2. The molecular weight excluding hydrogens is 235 g/mol. The lowest BCUT2D eigenvalue weighted by Crippen LogP contribution is -1.83. The summed E-state index contributed by atoms with van der Waals surface area (Å²) in [6.45, 7) is -0.0612. The number of H-pyrrole nitrogens is 1. The highest BCUT2D eigenvalue weighted by Crippen LogP contribution is 2.26. The maximum atomic E-state index is 8.88. The molecule has 0 fully saturated rings. The molecule has 0 unspecified atom stereocenters. The Morgan fingerprint density at radius 2 is 2.07 bits per heavy atom. The van der Waals surface area contributed by atoms with Gasteiger partial charge in [0.25, 0.3) is 0 Å². The van der Waals surface area contributed by atoms with Crippen molar-refractivity contribution in [2.24, 2.45) is 0 Å². The third-order valence-corrected chi connectivity index (χ3v) is 2.73. The van der Waals surface area contributed by atoms with Crippen LogP contribution in [0.1, 0.15) is 5.69 Å². The first-order valence-electron chi connectivity index (χ1n) is 4.31. The second-order valence-electron chi connectivity index (χ2n) is 3.04. The molecule has 0 aliphatic rings. The van der Waals surface area contributed by atoms with Crippen LogP contribution in [0, 0.1) is 0 Å². The lowest BCUT2D eigenvalue weighted by molar-refractivity contribution is 0.277. The Hall–Kier alpha value is -1.03. The van der Waals surface area contributed by atoms with Crippen LogP contribution in [0.15, 0.2) is 24.4 Å². The van der Waals surface area contributed by atoms with Gasteiger partial charge in [0.15, 0.2) is 0 Å². The van der Waals surface area contributed by atoms with Crippen molar-refractivity contribution in [3.8, 4) is 11.4 Å². The number of nitrogens with zero attached hydrogens (tertiary/aromatic N) is 1. The van der Waals surface area contributed by atoms with Gasteiger partial charge in [-0.25, -0.2) is 4.98 Å². The molecule has 15 heavy (non-hydrogen) atoms. The molecule has 0 bridgehead atoms. The zero-order valence-corrected chi connectivity index (χ0v) is 9.18. The molecule has 0 saturated carbocycles. The van der Waals surface area contributed by atoms with E-state index in [-0.39, 0.29) is 6.61 Å². The molecule has 0 spiro atoms. The van der Waals surface area contributed by atoms with Gasteiger partial charge in [0.1, 0.15) is 5.82 Å². The van der Waals surface area contributed by atoms with E-state index >= 15 is 0 Å². The van der Waals surface area contributed by atoms with Crippen LogP contribution in [-0.4, -0.2) is 15.1 Å². The molecular formula is C10H8Cl2N2O. The summed E-state index contributed by atoms with van der Waals surface area (Å²) in [6.07, 6.45) is 1.58. The summed E-state index contributed by atoms with van der Waals surface area (Å²) in [4.78, 5) is 7.07. The molecule has 0 aliphatic carbocycles. The minimum Gasteiger partial charge on any atom is -0.390 e. The molecule has 0 atom stereocenters. The van der Waals surface area contributed by atoms with E-state index < -0.39 is 0 Å². The van der Waals surface area contributed by atoms with Crippen molar-refractivity contribution >= 4 is 23.2 Å². The summed E-state index contributed by atoms with van der Waals surface area (Å²) in [5, 5.41) is 9.87. The van der Waals surface area contributed by atoms with Gasteiger partial charge >= 0.3 is 0 Å². The van der Waals surface area contributed by atoms with E-state index in [1.54, 1.807) is 18.3 Å². The largest absolute Gasteiger partial charge is 0.390 e. The average molecular weight is 243 g/mol. The Labute approximate surface area is 96.7 Å². The Bertz CT molecular complexity index is 482. The van der Waals surface area contributed by atoms with Gasteiger partial charge in [0.2, 0.25) is 0 Å². The molecule has 1 heterocycles. The van der Waals surface area contributed by atoms with Crippen molar-refractivity contribution in [3.63, 3.8) is 0 Å². The summed E-state index contributed by atoms with van der Waals surface area (Å²) in [5.74, 6) is 0.664. The van der Waals surface area contributed by atoms with Crippen LogP contribution < -0.4 is 0 Å². The highest BCUT2D eigenvalue weighted by Gasteiger charge is 2.05. The number of halogens is 2. The number of aromatic nitrogens is 2. The van der Waals surface area contributed by atoms with Crippen LogP contribution in [0.2, 0.25) is 10.0 Å². The number of nitrogens with one attached hydrogen (secondary N) is 1. The van der Waals surface area contributed by atoms with Crippen LogP contribution in [-0.2, 0) is 6.61 Å². The quantitative estimate of drug-likeness (QED) is 0.851. The van der Waals surface area contributed by atoms with Crippen LogP contribution >= 0.6 is 23.2 Å². The van der Waals surface area contributed by atoms with E-state index in [4.69, 9.17) is 28.3 Å². The summed E-state index contributed by atoms with van der Waals surface area (Å²) in [5.41, 5.74) is 1.50. The summed E-state index contributed by atoms with van der Waals surface area (Å²) < 4.78 is 0. The van der Waals surface area contributed by atoms with E-state index in [2.05, 4.69) is 9.97 Å². The van der Waals surface area contributed by atoms with E-state index in [0.29, 0.717) is 21.6 Å². The number of benzene rings is 1. The van der Waals surface area contributed by atoms with Crippen molar-refractivity contribution in [2.45, 2.75) is 6.61 Å². The van der Waals surface area contributed by atoms with Crippen LogP contribution in [0.4, 0.5) is 0 Å². The zero-order chi connectivity index (χ0) is 10.8. The highest BCUT2D eigenvalue weighted by atomic mass is 35.5. The van der Waals surface area contributed by atoms with Crippen molar-refractivity contribution < 1.29 is 5.11 Å². The number of aliphatic hydroxyl groups is 1. The molecule has 1 aromatic carbocycles. The molecule has 5 heteroatoms. The fourth-order valence-electron chi connectivity index (χ4n) is 1.23. The lowest BCUT2D eigenvalue weighted by Gasteiger charge is -1.99. The molecule has 0 saturated heterocycles. The van der Waals surface area contributed by atoms with Crippen molar-refractivity contribution in [1.29, 1.82) is 0 Å². The second-order valence-corrected chi connectivity index (χ2v) is 3.86. The molecule has 0 amide bonds. The minimum absolute atomic E-state index is 0.0612. The van der Waals surface area contributed by atoms with Crippen LogP contribution in [0.25, 0.3) is 11.4 Å². The van der Waals surface area contributed by atoms with Crippen molar-refractivity contribution in [2.75, 3.05) is 0 Å². The Kier molecular flexibility index (Phi) is 2.95. The van der Waals surface area contributed by atoms with Crippen LogP contribution in [0.3, 0.4) is 0 Å². The molecule has 2 aromatic rings. The van der Waals surface area contributed by atoms with Gasteiger partial charge in [-0.3, -0.25) is 0 Å². The Balaban J connectivity index is 2.40. The van der Waals surface area contributed by atoms with Gasteiger partial charge in [-0.2, -0.15) is 0 Å². The third-order valence-electron chi connectivity index (χ3n) is 1.99.